The highest BCUT2D eigenvalue weighted by Gasteiger charge is 2.09. The minimum absolute atomic E-state index is 0.265. The molecule has 0 bridgehead atoms. The normalized spacial score (nSPS) is 10.8. The maximum Gasteiger partial charge on any atom is 0.272 e. The summed E-state index contributed by atoms with van der Waals surface area (Å²) >= 11 is 17.8. The molecule has 0 atom stereocenters. The number of carbonyl (C=O) groups excluding carboxylic acids is 1. The first kappa shape index (κ1) is 20.2. The van der Waals surface area contributed by atoms with Gasteiger partial charge in [0.15, 0.2) is 0 Å². The Morgan fingerprint density at radius 2 is 1.71 bits per heavy atom. The van der Waals surface area contributed by atoms with Crippen molar-refractivity contribution >= 4 is 46.9 Å². The van der Waals surface area contributed by atoms with Crippen LogP contribution in [0.4, 0.5) is 0 Å². The van der Waals surface area contributed by atoms with Gasteiger partial charge in [-0.1, -0.05) is 46.9 Å². The third kappa shape index (κ3) is 5.73. The van der Waals surface area contributed by atoms with Gasteiger partial charge < -0.3 is 4.74 Å². The summed E-state index contributed by atoms with van der Waals surface area (Å²) in [7, 11) is 0. The fraction of sp³-hybridized carbons (Fsp3) is 0.0476. The highest BCUT2D eigenvalue weighted by atomic mass is 35.5. The molecule has 0 saturated carbocycles. The average molecular weight is 434 g/mol. The number of hydrazone groups is 1. The first-order valence-electron chi connectivity index (χ1n) is 8.27. The first-order chi connectivity index (χ1) is 13.5. The van der Waals surface area contributed by atoms with E-state index in [1.54, 1.807) is 12.1 Å². The molecule has 3 aromatic rings. The van der Waals surface area contributed by atoms with Crippen molar-refractivity contribution in [3.8, 4) is 5.75 Å². The summed E-state index contributed by atoms with van der Waals surface area (Å²) in [5.74, 6) is 0.300. The van der Waals surface area contributed by atoms with Crippen molar-refractivity contribution in [1.82, 2.24) is 5.43 Å². The number of benzene rings is 3. The fourth-order valence-electron chi connectivity index (χ4n) is 2.34. The monoisotopic (exact) mass is 432 g/mol. The third-order valence-electron chi connectivity index (χ3n) is 3.73. The molecule has 142 valence electrons. The molecule has 0 radical (unpaired) electrons. The van der Waals surface area contributed by atoms with Gasteiger partial charge in [0.1, 0.15) is 12.4 Å². The fourth-order valence-corrected chi connectivity index (χ4v) is 3.05. The smallest absolute Gasteiger partial charge is 0.272 e. The summed E-state index contributed by atoms with van der Waals surface area (Å²) in [5, 5.41) is 5.34. The van der Waals surface area contributed by atoms with Gasteiger partial charge in [0, 0.05) is 10.0 Å². The van der Waals surface area contributed by atoms with Gasteiger partial charge in [0.05, 0.1) is 16.8 Å². The lowest BCUT2D eigenvalue weighted by Crippen LogP contribution is -2.18. The van der Waals surface area contributed by atoms with Crippen molar-refractivity contribution in [1.29, 1.82) is 0 Å². The molecular formula is C21H15Cl3N2O2. The zero-order valence-corrected chi connectivity index (χ0v) is 16.8. The third-order valence-corrected chi connectivity index (χ3v) is 4.51. The van der Waals surface area contributed by atoms with Crippen molar-refractivity contribution in [2.45, 2.75) is 6.61 Å². The van der Waals surface area contributed by atoms with Crippen LogP contribution in [0.5, 0.6) is 5.75 Å². The summed E-state index contributed by atoms with van der Waals surface area (Å²) in [6, 6.07) is 19.5. The van der Waals surface area contributed by atoms with Crippen LogP contribution in [0.25, 0.3) is 0 Å². The highest BCUT2D eigenvalue weighted by Crippen LogP contribution is 2.21. The number of halogens is 3. The van der Waals surface area contributed by atoms with Gasteiger partial charge in [-0.05, 0) is 65.7 Å². The Balaban J connectivity index is 1.54. The second-order valence-electron chi connectivity index (χ2n) is 5.81. The van der Waals surface area contributed by atoms with E-state index in [9.17, 15) is 4.79 Å². The molecule has 1 N–H and O–H groups in total. The van der Waals surface area contributed by atoms with Gasteiger partial charge in [-0.15, -0.1) is 0 Å². The molecule has 0 heterocycles. The SMILES string of the molecule is O=C(N/N=C/c1ccc(OCc2cccc(Cl)c2)cc1)c1ccc(Cl)cc1Cl. The average Bonchev–Trinajstić information content (AvgIpc) is 2.67. The molecule has 0 unspecified atom stereocenters. The lowest BCUT2D eigenvalue weighted by Gasteiger charge is -2.07. The number of amides is 1. The van der Waals surface area contributed by atoms with E-state index in [0.717, 1.165) is 11.1 Å². The predicted molar refractivity (Wildman–Crippen MR) is 114 cm³/mol. The molecule has 0 aromatic heterocycles. The maximum atomic E-state index is 12.1. The molecule has 4 nitrogen and oxygen atoms in total. The zero-order valence-electron chi connectivity index (χ0n) is 14.5. The second kappa shape index (κ2) is 9.60. The molecule has 0 fully saturated rings. The van der Waals surface area contributed by atoms with Crippen molar-refractivity contribution in [3.63, 3.8) is 0 Å². The largest absolute Gasteiger partial charge is 0.489 e. The lowest BCUT2D eigenvalue weighted by molar-refractivity contribution is 0.0955. The predicted octanol–water partition coefficient (Wildman–Crippen LogP) is 5.99. The van der Waals surface area contributed by atoms with E-state index in [2.05, 4.69) is 10.5 Å². The molecule has 28 heavy (non-hydrogen) atoms. The van der Waals surface area contributed by atoms with E-state index < -0.39 is 5.91 Å². The molecule has 0 spiro atoms. The molecular weight excluding hydrogens is 419 g/mol. The molecule has 3 rings (SSSR count). The first-order valence-corrected chi connectivity index (χ1v) is 9.40. The van der Waals surface area contributed by atoms with Gasteiger partial charge in [0.25, 0.3) is 5.91 Å². The number of ether oxygens (including phenoxy) is 1. The van der Waals surface area contributed by atoms with Crippen LogP contribution in [-0.4, -0.2) is 12.1 Å². The summed E-state index contributed by atoms with van der Waals surface area (Å²) < 4.78 is 5.73. The van der Waals surface area contributed by atoms with E-state index in [4.69, 9.17) is 39.5 Å². The van der Waals surface area contributed by atoms with E-state index in [-0.39, 0.29) is 5.02 Å². The molecule has 1 amide bonds. The van der Waals surface area contributed by atoms with E-state index in [0.29, 0.717) is 28.0 Å². The van der Waals surface area contributed by atoms with Crippen LogP contribution < -0.4 is 10.2 Å². The summed E-state index contributed by atoms with van der Waals surface area (Å²) in [6.45, 7) is 0.423. The molecule has 0 aliphatic rings. The minimum atomic E-state index is -0.417. The lowest BCUT2D eigenvalue weighted by atomic mass is 10.2. The van der Waals surface area contributed by atoms with Crippen molar-refractivity contribution in [2.75, 3.05) is 0 Å². The standard InChI is InChI=1S/C21H15Cl3N2O2/c22-16-3-1-2-15(10-16)13-28-18-7-4-14(5-8-18)12-25-26-21(27)19-9-6-17(23)11-20(19)24/h1-12H,13H2,(H,26,27)/b25-12+. The Bertz CT molecular complexity index is 1000. The van der Waals surface area contributed by atoms with Crippen LogP contribution in [0.3, 0.4) is 0 Å². The van der Waals surface area contributed by atoms with E-state index in [1.165, 1.54) is 12.3 Å². The highest BCUT2D eigenvalue weighted by molar-refractivity contribution is 6.36. The number of carbonyl (C=O) groups is 1. The van der Waals surface area contributed by atoms with Crippen molar-refractivity contribution in [3.05, 3.63) is 98.5 Å². The van der Waals surface area contributed by atoms with Crippen molar-refractivity contribution < 1.29 is 9.53 Å². The minimum Gasteiger partial charge on any atom is -0.489 e. The number of hydrogen-bond acceptors (Lipinski definition) is 3. The van der Waals surface area contributed by atoms with Crippen LogP contribution >= 0.6 is 34.8 Å². The van der Waals surface area contributed by atoms with Gasteiger partial charge in [0.2, 0.25) is 0 Å². The van der Waals surface area contributed by atoms with E-state index in [1.807, 2.05) is 48.5 Å². The molecule has 0 aliphatic heterocycles. The Hall–Kier alpha value is -2.53. The van der Waals surface area contributed by atoms with Gasteiger partial charge in [-0.2, -0.15) is 5.10 Å². The van der Waals surface area contributed by atoms with Crippen LogP contribution in [0, 0.1) is 0 Å². The van der Waals surface area contributed by atoms with Gasteiger partial charge in [-0.25, -0.2) is 5.43 Å². The zero-order chi connectivity index (χ0) is 19.9. The molecule has 3 aromatic carbocycles. The Labute approximate surface area is 177 Å². The number of nitrogens with one attached hydrogen (secondary N) is 1. The molecule has 0 saturated heterocycles. The number of rotatable bonds is 6. The summed E-state index contributed by atoms with van der Waals surface area (Å²) in [5.41, 5.74) is 4.52. The Kier molecular flexibility index (Phi) is 6.93. The van der Waals surface area contributed by atoms with Crippen molar-refractivity contribution in [2.24, 2.45) is 5.10 Å². The van der Waals surface area contributed by atoms with Gasteiger partial charge in [-0.3, -0.25) is 4.79 Å². The number of nitrogens with zero attached hydrogens (tertiary/aromatic N) is 1. The second-order valence-corrected chi connectivity index (χ2v) is 7.09. The van der Waals surface area contributed by atoms with Gasteiger partial charge >= 0.3 is 0 Å². The van der Waals surface area contributed by atoms with Crippen LogP contribution in [0.2, 0.25) is 15.1 Å². The van der Waals surface area contributed by atoms with Crippen LogP contribution in [-0.2, 0) is 6.61 Å². The maximum absolute atomic E-state index is 12.1. The number of hydrogen-bond donors (Lipinski definition) is 1. The van der Waals surface area contributed by atoms with Crippen LogP contribution in [0.15, 0.2) is 71.8 Å². The Morgan fingerprint density at radius 3 is 2.43 bits per heavy atom. The van der Waals surface area contributed by atoms with E-state index >= 15 is 0 Å². The summed E-state index contributed by atoms with van der Waals surface area (Å²) in [6.07, 6.45) is 1.53. The Morgan fingerprint density at radius 1 is 0.964 bits per heavy atom. The topological polar surface area (TPSA) is 50.7 Å². The molecule has 0 aliphatic carbocycles. The summed E-state index contributed by atoms with van der Waals surface area (Å²) in [4.78, 5) is 12.1. The quantitative estimate of drug-likeness (QED) is 0.383. The molecule has 7 heteroatoms. The van der Waals surface area contributed by atoms with Crippen LogP contribution in [0.1, 0.15) is 21.5 Å².